The predicted molar refractivity (Wildman–Crippen MR) is 106 cm³/mol. The Morgan fingerprint density at radius 2 is 1.69 bits per heavy atom. The number of nitrogens with one attached hydrogen (secondary N) is 2. The van der Waals surface area contributed by atoms with E-state index in [9.17, 15) is 9.59 Å². The number of urea groups is 1. The number of hydrogen-bond donors (Lipinski definition) is 2. The van der Waals surface area contributed by atoms with Crippen LogP contribution in [0.1, 0.15) is 63.7 Å². The average Bonchev–Trinajstić information content (AvgIpc) is 2.60. The Bertz CT molecular complexity index is 590. The van der Waals surface area contributed by atoms with Gasteiger partial charge in [0.1, 0.15) is 0 Å². The highest BCUT2D eigenvalue weighted by Gasteiger charge is 2.21. The van der Waals surface area contributed by atoms with Crippen molar-refractivity contribution in [1.82, 2.24) is 10.2 Å². The van der Waals surface area contributed by atoms with Gasteiger partial charge in [0, 0.05) is 30.4 Å². The summed E-state index contributed by atoms with van der Waals surface area (Å²) >= 11 is 0. The minimum absolute atomic E-state index is 0.0789. The van der Waals surface area contributed by atoms with E-state index in [0.717, 1.165) is 38.8 Å². The van der Waals surface area contributed by atoms with Crippen LogP contribution >= 0.6 is 0 Å². The van der Waals surface area contributed by atoms with Crippen LogP contribution in [-0.2, 0) is 0 Å². The number of anilines is 1. The molecule has 1 aliphatic rings. The summed E-state index contributed by atoms with van der Waals surface area (Å²) < 4.78 is 0. The molecule has 0 aliphatic carbocycles. The van der Waals surface area contributed by atoms with Crippen molar-refractivity contribution in [3.63, 3.8) is 0 Å². The number of carbonyl (C=O) groups is 2. The van der Waals surface area contributed by atoms with Crippen molar-refractivity contribution in [2.45, 2.75) is 59.4 Å². The zero-order valence-electron chi connectivity index (χ0n) is 16.5. The fraction of sp³-hybridized carbons (Fsp3) is 0.619. The van der Waals surface area contributed by atoms with Crippen LogP contribution in [0, 0.1) is 11.8 Å². The Labute approximate surface area is 157 Å². The molecule has 1 saturated heterocycles. The molecule has 5 heteroatoms. The van der Waals surface area contributed by atoms with Crippen molar-refractivity contribution < 1.29 is 9.59 Å². The van der Waals surface area contributed by atoms with Crippen molar-refractivity contribution in [1.29, 1.82) is 0 Å². The Balaban J connectivity index is 1.83. The van der Waals surface area contributed by atoms with Crippen LogP contribution in [0.15, 0.2) is 24.3 Å². The Morgan fingerprint density at radius 3 is 2.27 bits per heavy atom. The molecule has 1 aromatic carbocycles. The summed E-state index contributed by atoms with van der Waals surface area (Å²) in [5.74, 6) is 1.41. The van der Waals surface area contributed by atoms with Crippen LogP contribution in [0.4, 0.5) is 10.5 Å². The molecule has 2 N–H and O–H groups in total. The Hall–Kier alpha value is -2.04. The second-order valence-electron chi connectivity index (χ2n) is 8.02. The summed E-state index contributed by atoms with van der Waals surface area (Å²) in [6.45, 7) is 10.3. The maximum Gasteiger partial charge on any atom is 0.319 e. The summed E-state index contributed by atoms with van der Waals surface area (Å²) in [4.78, 5) is 26.5. The molecule has 1 aromatic rings. The van der Waals surface area contributed by atoms with Crippen LogP contribution < -0.4 is 10.6 Å². The molecule has 1 atom stereocenters. The number of piperidine rings is 1. The molecule has 0 radical (unpaired) electrons. The number of hydrogen-bond acceptors (Lipinski definition) is 2. The topological polar surface area (TPSA) is 61.4 Å². The molecular formula is C21H33N3O2. The van der Waals surface area contributed by atoms with Gasteiger partial charge in [-0.1, -0.05) is 20.8 Å². The third-order valence-electron chi connectivity index (χ3n) is 5.02. The zero-order valence-corrected chi connectivity index (χ0v) is 16.5. The highest BCUT2D eigenvalue weighted by molar-refractivity contribution is 5.95. The SMILES string of the molecule is CC(C)CCC(C)NC(=O)Nc1ccc(C(=O)N2CCC(C)CC2)cc1. The summed E-state index contributed by atoms with van der Waals surface area (Å²) in [7, 11) is 0. The molecule has 0 aromatic heterocycles. The molecule has 3 amide bonds. The van der Waals surface area contributed by atoms with Gasteiger partial charge in [-0.05, 0) is 68.7 Å². The van der Waals surface area contributed by atoms with E-state index in [0.29, 0.717) is 23.1 Å². The number of amides is 3. The predicted octanol–water partition coefficient (Wildman–Crippen LogP) is 4.50. The molecule has 144 valence electrons. The van der Waals surface area contributed by atoms with E-state index in [4.69, 9.17) is 0 Å². The van der Waals surface area contributed by atoms with Gasteiger partial charge in [0.15, 0.2) is 0 Å². The van der Waals surface area contributed by atoms with Gasteiger partial charge in [0.25, 0.3) is 5.91 Å². The average molecular weight is 360 g/mol. The van der Waals surface area contributed by atoms with Crippen LogP contribution in [0.25, 0.3) is 0 Å². The molecule has 1 aliphatic heterocycles. The van der Waals surface area contributed by atoms with E-state index in [1.54, 1.807) is 24.3 Å². The number of carbonyl (C=O) groups excluding carboxylic acids is 2. The maximum atomic E-state index is 12.5. The van der Waals surface area contributed by atoms with E-state index in [-0.39, 0.29) is 18.0 Å². The smallest absolute Gasteiger partial charge is 0.319 e. The fourth-order valence-corrected chi connectivity index (χ4v) is 3.14. The van der Waals surface area contributed by atoms with Crippen LogP contribution in [0.3, 0.4) is 0 Å². The van der Waals surface area contributed by atoms with Crippen molar-refractivity contribution in [3.8, 4) is 0 Å². The normalized spacial score (nSPS) is 16.4. The fourth-order valence-electron chi connectivity index (χ4n) is 3.14. The summed E-state index contributed by atoms with van der Waals surface area (Å²) in [5, 5.41) is 5.79. The van der Waals surface area contributed by atoms with E-state index >= 15 is 0 Å². The first-order valence-corrected chi connectivity index (χ1v) is 9.82. The van der Waals surface area contributed by atoms with Crippen molar-refractivity contribution in [2.24, 2.45) is 11.8 Å². The number of likely N-dealkylation sites (tertiary alicyclic amines) is 1. The highest BCUT2D eigenvalue weighted by atomic mass is 16.2. The third kappa shape index (κ3) is 6.36. The van der Waals surface area contributed by atoms with E-state index < -0.39 is 0 Å². The first-order chi connectivity index (χ1) is 12.3. The lowest BCUT2D eigenvalue weighted by atomic mass is 9.98. The van der Waals surface area contributed by atoms with Gasteiger partial charge in [0.2, 0.25) is 0 Å². The van der Waals surface area contributed by atoms with Crippen LogP contribution in [-0.4, -0.2) is 36.0 Å². The van der Waals surface area contributed by atoms with Gasteiger partial charge in [-0.3, -0.25) is 4.79 Å². The van der Waals surface area contributed by atoms with Crippen LogP contribution in [0.5, 0.6) is 0 Å². The standard InChI is InChI=1S/C21H33N3O2/c1-15(2)5-6-17(4)22-21(26)23-19-9-7-18(8-10-19)20(25)24-13-11-16(3)12-14-24/h7-10,15-17H,5-6,11-14H2,1-4H3,(H2,22,23,26). The molecule has 2 rings (SSSR count). The van der Waals surface area contributed by atoms with Crippen molar-refractivity contribution in [2.75, 3.05) is 18.4 Å². The van der Waals surface area contributed by atoms with E-state index in [2.05, 4.69) is 31.4 Å². The Morgan fingerprint density at radius 1 is 1.08 bits per heavy atom. The van der Waals surface area contributed by atoms with Gasteiger partial charge in [-0.2, -0.15) is 0 Å². The molecule has 0 saturated carbocycles. The molecule has 1 unspecified atom stereocenters. The number of rotatable bonds is 6. The van der Waals surface area contributed by atoms with Gasteiger partial charge in [-0.15, -0.1) is 0 Å². The summed E-state index contributed by atoms with van der Waals surface area (Å²) in [6, 6.07) is 7.09. The highest BCUT2D eigenvalue weighted by Crippen LogP contribution is 2.19. The maximum absolute atomic E-state index is 12.5. The molecule has 0 bridgehead atoms. The van der Waals surface area contributed by atoms with E-state index in [1.807, 2.05) is 11.8 Å². The lowest BCUT2D eigenvalue weighted by molar-refractivity contribution is 0.0697. The molecule has 1 heterocycles. The zero-order chi connectivity index (χ0) is 19.1. The number of nitrogens with zero attached hydrogens (tertiary/aromatic N) is 1. The van der Waals surface area contributed by atoms with Crippen molar-refractivity contribution >= 4 is 17.6 Å². The minimum Gasteiger partial charge on any atom is -0.339 e. The molecule has 0 spiro atoms. The first-order valence-electron chi connectivity index (χ1n) is 9.82. The number of benzene rings is 1. The van der Waals surface area contributed by atoms with E-state index in [1.165, 1.54) is 0 Å². The Kier molecular flexibility index (Phi) is 7.49. The molecular weight excluding hydrogens is 326 g/mol. The van der Waals surface area contributed by atoms with Gasteiger partial charge < -0.3 is 15.5 Å². The lowest BCUT2D eigenvalue weighted by Gasteiger charge is -2.30. The largest absolute Gasteiger partial charge is 0.339 e. The molecule has 1 fully saturated rings. The second kappa shape index (κ2) is 9.60. The van der Waals surface area contributed by atoms with Gasteiger partial charge in [0.05, 0.1) is 0 Å². The second-order valence-corrected chi connectivity index (χ2v) is 8.02. The monoisotopic (exact) mass is 359 g/mol. The molecule has 26 heavy (non-hydrogen) atoms. The third-order valence-corrected chi connectivity index (χ3v) is 5.02. The minimum atomic E-state index is -0.203. The van der Waals surface area contributed by atoms with Crippen molar-refractivity contribution in [3.05, 3.63) is 29.8 Å². The first kappa shape index (κ1) is 20.3. The summed E-state index contributed by atoms with van der Waals surface area (Å²) in [6.07, 6.45) is 4.20. The quantitative estimate of drug-likeness (QED) is 0.785. The van der Waals surface area contributed by atoms with Crippen LogP contribution in [0.2, 0.25) is 0 Å². The summed E-state index contributed by atoms with van der Waals surface area (Å²) in [5.41, 5.74) is 1.37. The lowest BCUT2D eigenvalue weighted by Crippen LogP contribution is -2.38. The van der Waals surface area contributed by atoms with Gasteiger partial charge >= 0.3 is 6.03 Å². The molecule has 5 nitrogen and oxygen atoms in total. The van der Waals surface area contributed by atoms with Gasteiger partial charge in [-0.25, -0.2) is 4.79 Å².